The van der Waals surface area contributed by atoms with Gasteiger partial charge in [0.1, 0.15) is 9.38 Å². The fraction of sp³-hybridized carbons (Fsp3) is 0.385. The Bertz CT molecular complexity index is 684. The summed E-state index contributed by atoms with van der Waals surface area (Å²) in [4.78, 5) is 39.9. The van der Waals surface area contributed by atoms with Crippen LogP contribution in [0, 0.1) is 6.92 Å². The average Bonchev–Trinajstić information content (AvgIpc) is 3.12. The van der Waals surface area contributed by atoms with Crippen LogP contribution in [0.5, 0.6) is 0 Å². The predicted octanol–water partition coefficient (Wildman–Crippen LogP) is 1.72. The average molecular weight is 373 g/mol. The van der Waals surface area contributed by atoms with Crippen LogP contribution in [0.4, 0.5) is 5.00 Å². The van der Waals surface area contributed by atoms with E-state index >= 15 is 0 Å². The van der Waals surface area contributed by atoms with Gasteiger partial charge in [-0.05, 0) is 12.5 Å². The summed E-state index contributed by atoms with van der Waals surface area (Å²) in [5, 5.41) is 2.92. The molecule has 23 heavy (non-hydrogen) atoms. The third kappa shape index (κ3) is 4.27. The summed E-state index contributed by atoms with van der Waals surface area (Å²) in [6, 6.07) is 0. The smallest absolute Gasteiger partial charge is 0.341 e. The Morgan fingerprint density at radius 1 is 1.43 bits per heavy atom. The lowest BCUT2D eigenvalue weighted by molar-refractivity contribution is -0.113. The van der Waals surface area contributed by atoms with Crippen LogP contribution in [0.2, 0.25) is 0 Å². The molecule has 0 saturated carbocycles. The molecule has 0 fully saturated rings. The van der Waals surface area contributed by atoms with Gasteiger partial charge in [0.05, 0.1) is 29.8 Å². The SMILES string of the molecule is COC(=O)c1c(NC(=O)CSC2=NCCS2)sc(C(N)=O)c1C. The summed E-state index contributed by atoms with van der Waals surface area (Å²) < 4.78 is 5.59. The van der Waals surface area contributed by atoms with Crippen molar-refractivity contribution in [3.63, 3.8) is 0 Å². The van der Waals surface area contributed by atoms with E-state index in [1.165, 1.54) is 18.9 Å². The molecule has 3 N–H and O–H groups in total. The number of nitrogens with two attached hydrogens (primary N) is 1. The number of carbonyl (C=O) groups is 3. The minimum absolute atomic E-state index is 0.164. The molecule has 2 rings (SSSR count). The molecule has 0 bridgehead atoms. The summed E-state index contributed by atoms with van der Waals surface area (Å²) >= 11 is 3.93. The van der Waals surface area contributed by atoms with E-state index < -0.39 is 11.9 Å². The molecule has 0 atom stereocenters. The number of ether oxygens (including phenoxy) is 1. The van der Waals surface area contributed by atoms with Gasteiger partial charge in [0.25, 0.3) is 5.91 Å². The third-order valence-corrected chi connectivity index (χ3v) is 6.37. The number of methoxy groups -OCH3 is 1. The number of anilines is 1. The van der Waals surface area contributed by atoms with Crippen molar-refractivity contribution in [1.82, 2.24) is 0 Å². The Balaban J connectivity index is 2.14. The summed E-state index contributed by atoms with van der Waals surface area (Å²) in [6.45, 7) is 2.37. The van der Waals surface area contributed by atoms with Crippen molar-refractivity contribution in [3.05, 3.63) is 16.0 Å². The topological polar surface area (TPSA) is 111 Å². The Morgan fingerprint density at radius 3 is 2.74 bits per heavy atom. The molecule has 1 aliphatic heterocycles. The molecule has 0 radical (unpaired) electrons. The lowest BCUT2D eigenvalue weighted by Crippen LogP contribution is -2.16. The number of esters is 1. The number of amides is 2. The number of thiophene rings is 1. The molecule has 0 saturated heterocycles. The largest absolute Gasteiger partial charge is 0.465 e. The second kappa shape index (κ2) is 7.84. The van der Waals surface area contributed by atoms with Gasteiger partial charge < -0.3 is 15.8 Å². The van der Waals surface area contributed by atoms with E-state index in [-0.39, 0.29) is 27.1 Å². The van der Waals surface area contributed by atoms with Crippen molar-refractivity contribution in [2.45, 2.75) is 6.92 Å². The molecule has 1 aromatic rings. The number of nitrogens with zero attached hydrogens (tertiary/aromatic N) is 1. The number of primary amides is 1. The number of hydrogen-bond donors (Lipinski definition) is 2. The molecule has 0 spiro atoms. The molecule has 124 valence electrons. The van der Waals surface area contributed by atoms with Crippen LogP contribution < -0.4 is 11.1 Å². The molecule has 0 unspecified atom stereocenters. The van der Waals surface area contributed by atoms with Crippen molar-refractivity contribution in [3.8, 4) is 0 Å². The zero-order valence-corrected chi connectivity index (χ0v) is 15.0. The third-order valence-electron chi connectivity index (χ3n) is 2.90. The van der Waals surface area contributed by atoms with Crippen LogP contribution in [0.25, 0.3) is 0 Å². The first-order chi connectivity index (χ1) is 10.9. The first-order valence-electron chi connectivity index (χ1n) is 6.55. The van der Waals surface area contributed by atoms with Crippen molar-refractivity contribution in [2.75, 3.05) is 30.5 Å². The second-order valence-corrected chi connectivity index (χ2v) is 7.78. The van der Waals surface area contributed by atoms with Gasteiger partial charge in [0.15, 0.2) is 0 Å². The highest BCUT2D eigenvalue weighted by Crippen LogP contribution is 2.33. The number of aliphatic imine (C=N–C) groups is 1. The van der Waals surface area contributed by atoms with E-state index in [9.17, 15) is 14.4 Å². The molecular weight excluding hydrogens is 358 g/mol. The minimum Gasteiger partial charge on any atom is -0.465 e. The predicted molar refractivity (Wildman–Crippen MR) is 94.8 cm³/mol. The highest BCUT2D eigenvalue weighted by atomic mass is 32.2. The summed E-state index contributed by atoms with van der Waals surface area (Å²) in [5.41, 5.74) is 5.87. The van der Waals surface area contributed by atoms with Crippen LogP contribution in [-0.2, 0) is 9.53 Å². The van der Waals surface area contributed by atoms with E-state index in [1.54, 1.807) is 18.7 Å². The van der Waals surface area contributed by atoms with Crippen LogP contribution in [0.3, 0.4) is 0 Å². The molecular formula is C13H15N3O4S3. The first kappa shape index (κ1) is 17.8. The van der Waals surface area contributed by atoms with Gasteiger partial charge in [-0.3, -0.25) is 14.6 Å². The number of thioether (sulfide) groups is 2. The maximum atomic E-state index is 12.1. The van der Waals surface area contributed by atoms with Crippen molar-refractivity contribution in [1.29, 1.82) is 0 Å². The lowest BCUT2D eigenvalue weighted by Gasteiger charge is -2.05. The maximum absolute atomic E-state index is 12.1. The zero-order chi connectivity index (χ0) is 17.0. The summed E-state index contributed by atoms with van der Waals surface area (Å²) in [5.74, 6) is -0.445. The van der Waals surface area contributed by atoms with Crippen LogP contribution in [0.15, 0.2) is 4.99 Å². The first-order valence-corrected chi connectivity index (χ1v) is 9.34. The Hall–Kier alpha value is -1.52. The van der Waals surface area contributed by atoms with E-state index in [1.807, 2.05) is 0 Å². The van der Waals surface area contributed by atoms with Gasteiger partial charge in [-0.1, -0.05) is 23.5 Å². The van der Waals surface area contributed by atoms with Crippen LogP contribution in [0.1, 0.15) is 25.6 Å². The summed E-state index contributed by atoms with van der Waals surface area (Å²) in [6.07, 6.45) is 0. The van der Waals surface area contributed by atoms with E-state index in [0.29, 0.717) is 5.56 Å². The molecule has 10 heteroatoms. The van der Waals surface area contributed by atoms with Gasteiger partial charge in [0.2, 0.25) is 5.91 Å². The van der Waals surface area contributed by atoms with Gasteiger partial charge in [-0.15, -0.1) is 11.3 Å². The normalized spacial score (nSPS) is 13.6. The van der Waals surface area contributed by atoms with E-state index in [4.69, 9.17) is 10.5 Å². The van der Waals surface area contributed by atoms with Crippen LogP contribution in [-0.4, -0.2) is 47.3 Å². The van der Waals surface area contributed by atoms with Gasteiger partial charge >= 0.3 is 5.97 Å². The van der Waals surface area contributed by atoms with Gasteiger partial charge in [-0.2, -0.15) is 0 Å². The van der Waals surface area contributed by atoms with Crippen LogP contribution >= 0.6 is 34.9 Å². The zero-order valence-electron chi connectivity index (χ0n) is 12.5. The molecule has 7 nitrogen and oxygen atoms in total. The molecule has 0 aliphatic carbocycles. The Labute approximate surface area is 145 Å². The highest BCUT2D eigenvalue weighted by Gasteiger charge is 2.25. The number of rotatable bonds is 5. The summed E-state index contributed by atoms with van der Waals surface area (Å²) in [7, 11) is 1.24. The van der Waals surface area contributed by atoms with Gasteiger partial charge in [0, 0.05) is 5.75 Å². The quantitative estimate of drug-likeness (QED) is 0.760. The monoisotopic (exact) mass is 373 g/mol. The Morgan fingerprint density at radius 2 is 2.17 bits per heavy atom. The number of carbonyl (C=O) groups excluding carboxylic acids is 3. The number of nitrogens with one attached hydrogen (secondary N) is 1. The fourth-order valence-corrected chi connectivity index (χ4v) is 4.75. The molecule has 0 aromatic carbocycles. The fourth-order valence-electron chi connectivity index (χ4n) is 1.88. The lowest BCUT2D eigenvalue weighted by atomic mass is 10.1. The maximum Gasteiger partial charge on any atom is 0.341 e. The molecule has 2 amide bonds. The molecule has 1 aromatic heterocycles. The van der Waals surface area contributed by atoms with E-state index in [0.717, 1.165) is 28.0 Å². The van der Waals surface area contributed by atoms with Crippen molar-refractivity contribution < 1.29 is 19.1 Å². The number of hydrogen-bond acceptors (Lipinski definition) is 8. The highest BCUT2D eigenvalue weighted by molar-refractivity contribution is 8.39. The Kier molecular flexibility index (Phi) is 6.08. The van der Waals surface area contributed by atoms with Crippen molar-refractivity contribution >= 4 is 62.0 Å². The van der Waals surface area contributed by atoms with Gasteiger partial charge in [-0.25, -0.2) is 4.79 Å². The molecule has 1 aliphatic rings. The minimum atomic E-state index is -0.649. The van der Waals surface area contributed by atoms with Crippen molar-refractivity contribution in [2.24, 2.45) is 10.7 Å². The second-order valence-electron chi connectivity index (χ2n) is 4.45. The van der Waals surface area contributed by atoms with E-state index in [2.05, 4.69) is 10.3 Å². The molecule has 2 heterocycles. The standard InChI is InChI=1S/C13H15N3O4S3/c1-6-8(12(19)20-2)11(23-9(6)10(14)18)16-7(17)5-22-13-15-3-4-21-13/h3-5H2,1-2H3,(H2,14,18)(H,16,17).